The monoisotopic (exact) mass is 172 g/mol. The predicted octanol–water partition coefficient (Wildman–Crippen LogP) is 1.37. The van der Waals surface area contributed by atoms with Crippen LogP contribution < -0.4 is 5.32 Å². The third-order valence-electron chi connectivity index (χ3n) is 1.81. The van der Waals surface area contributed by atoms with Crippen molar-refractivity contribution in [1.82, 2.24) is 10.2 Å². The lowest BCUT2D eigenvalue weighted by Crippen LogP contribution is -2.41. The molecule has 1 aliphatic heterocycles. The van der Waals surface area contributed by atoms with Gasteiger partial charge in [0.25, 0.3) is 0 Å². The van der Waals surface area contributed by atoms with E-state index in [1.165, 1.54) is 12.8 Å². The summed E-state index contributed by atoms with van der Waals surface area (Å²) in [6.45, 7) is 6.50. The van der Waals surface area contributed by atoms with E-state index in [1.54, 1.807) is 0 Å². The Kier molecular flexibility index (Phi) is 3.12. The van der Waals surface area contributed by atoms with E-state index in [0.29, 0.717) is 6.04 Å². The van der Waals surface area contributed by atoms with Crippen LogP contribution in [-0.2, 0) is 0 Å². The maximum Gasteiger partial charge on any atom is 0.169 e. The summed E-state index contributed by atoms with van der Waals surface area (Å²) in [5.74, 6) is 0. The van der Waals surface area contributed by atoms with Crippen LogP contribution in [0.25, 0.3) is 0 Å². The highest BCUT2D eigenvalue weighted by Crippen LogP contribution is 2.07. The molecule has 1 fully saturated rings. The average Bonchev–Trinajstić information content (AvgIpc) is 2.35. The second-order valence-electron chi connectivity index (χ2n) is 3.30. The number of nitrogens with one attached hydrogen (secondary N) is 1. The Bertz CT molecular complexity index is 139. The van der Waals surface area contributed by atoms with Crippen molar-refractivity contribution < 1.29 is 0 Å². The highest BCUT2D eigenvalue weighted by atomic mass is 32.1. The number of rotatable bonds is 1. The molecule has 0 radical (unpaired) electrons. The van der Waals surface area contributed by atoms with Gasteiger partial charge in [0, 0.05) is 19.1 Å². The highest BCUT2D eigenvalue weighted by Gasteiger charge is 2.14. The van der Waals surface area contributed by atoms with Gasteiger partial charge in [-0.15, -0.1) is 0 Å². The summed E-state index contributed by atoms with van der Waals surface area (Å²) in [5, 5.41) is 4.17. The predicted molar refractivity (Wildman–Crippen MR) is 51.7 cm³/mol. The van der Waals surface area contributed by atoms with Gasteiger partial charge in [0.05, 0.1) is 0 Å². The van der Waals surface area contributed by atoms with Crippen LogP contribution in [0.2, 0.25) is 0 Å². The molecule has 0 aromatic carbocycles. The van der Waals surface area contributed by atoms with Crippen molar-refractivity contribution in [2.45, 2.75) is 32.7 Å². The summed E-state index contributed by atoms with van der Waals surface area (Å²) in [6.07, 6.45) is 2.58. The lowest BCUT2D eigenvalue weighted by molar-refractivity contribution is 0.497. The van der Waals surface area contributed by atoms with Gasteiger partial charge >= 0.3 is 0 Å². The van der Waals surface area contributed by atoms with Crippen LogP contribution in [0.3, 0.4) is 0 Å². The normalized spacial score (nSPS) is 17.5. The fraction of sp³-hybridized carbons (Fsp3) is 0.875. The lowest BCUT2D eigenvalue weighted by Gasteiger charge is -2.21. The summed E-state index contributed by atoms with van der Waals surface area (Å²) in [7, 11) is 0. The van der Waals surface area contributed by atoms with Crippen molar-refractivity contribution in [1.29, 1.82) is 0 Å². The Hall–Kier alpha value is -0.310. The Labute approximate surface area is 74.0 Å². The zero-order valence-electron chi connectivity index (χ0n) is 7.26. The zero-order valence-corrected chi connectivity index (χ0v) is 8.08. The molecule has 0 atom stereocenters. The summed E-state index contributed by atoms with van der Waals surface area (Å²) in [5.41, 5.74) is 0. The zero-order chi connectivity index (χ0) is 8.27. The number of thiocarbonyl (C=S) groups is 1. The van der Waals surface area contributed by atoms with E-state index in [2.05, 4.69) is 24.1 Å². The molecule has 0 amide bonds. The summed E-state index contributed by atoms with van der Waals surface area (Å²) >= 11 is 5.20. The van der Waals surface area contributed by atoms with Crippen LogP contribution >= 0.6 is 12.2 Å². The van der Waals surface area contributed by atoms with Crippen molar-refractivity contribution in [3.63, 3.8) is 0 Å². The van der Waals surface area contributed by atoms with Crippen LogP contribution in [0.5, 0.6) is 0 Å². The Morgan fingerprint density at radius 3 is 2.36 bits per heavy atom. The summed E-state index contributed by atoms with van der Waals surface area (Å²) in [4.78, 5) is 2.25. The first kappa shape index (κ1) is 8.78. The van der Waals surface area contributed by atoms with E-state index in [9.17, 15) is 0 Å². The first-order valence-corrected chi connectivity index (χ1v) is 4.66. The summed E-state index contributed by atoms with van der Waals surface area (Å²) in [6, 6.07) is 0.461. The molecule has 64 valence electrons. The Morgan fingerprint density at radius 2 is 1.91 bits per heavy atom. The second-order valence-corrected chi connectivity index (χ2v) is 3.69. The van der Waals surface area contributed by atoms with Crippen molar-refractivity contribution >= 4 is 17.3 Å². The molecular weight excluding hydrogens is 156 g/mol. The first-order valence-electron chi connectivity index (χ1n) is 4.25. The molecule has 0 aromatic heterocycles. The molecule has 1 saturated heterocycles. The van der Waals surface area contributed by atoms with E-state index in [4.69, 9.17) is 12.2 Å². The van der Waals surface area contributed by atoms with E-state index in [1.807, 2.05) is 0 Å². The molecule has 1 N–H and O–H groups in total. The SMILES string of the molecule is CC(C)NC(=S)N1CCCC1. The molecule has 3 heteroatoms. The largest absolute Gasteiger partial charge is 0.360 e. The third kappa shape index (κ3) is 2.66. The molecule has 11 heavy (non-hydrogen) atoms. The van der Waals surface area contributed by atoms with Crippen molar-refractivity contribution in [2.75, 3.05) is 13.1 Å². The van der Waals surface area contributed by atoms with Gasteiger partial charge in [0.15, 0.2) is 5.11 Å². The van der Waals surface area contributed by atoms with Gasteiger partial charge in [-0.25, -0.2) is 0 Å². The standard InChI is InChI=1S/C8H16N2S/c1-7(2)9-8(11)10-5-3-4-6-10/h7H,3-6H2,1-2H3,(H,9,11). The smallest absolute Gasteiger partial charge is 0.169 e. The number of hydrogen-bond acceptors (Lipinski definition) is 1. The Balaban J connectivity index is 2.28. The van der Waals surface area contributed by atoms with Crippen LogP contribution in [0.4, 0.5) is 0 Å². The second kappa shape index (κ2) is 3.90. The van der Waals surface area contributed by atoms with E-state index >= 15 is 0 Å². The van der Waals surface area contributed by atoms with Gasteiger partial charge in [-0.2, -0.15) is 0 Å². The van der Waals surface area contributed by atoms with E-state index in [0.717, 1.165) is 18.2 Å². The van der Waals surface area contributed by atoms with E-state index in [-0.39, 0.29) is 0 Å². The van der Waals surface area contributed by atoms with Gasteiger partial charge in [-0.3, -0.25) is 0 Å². The molecule has 2 nitrogen and oxygen atoms in total. The molecule has 0 unspecified atom stereocenters. The van der Waals surface area contributed by atoms with E-state index < -0.39 is 0 Å². The molecule has 1 heterocycles. The van der Waals surface area contributed by atoms with Crippen LogP contribution in [0.1, 0.15) is 26.7 Å². The van der Waals surface area contributed by atoms with Crippen molar-refractivity contribution in [2.24, 2.45) is 0 Å². The molecule has 0 saturated carbocycles. The molecule has 0 bridgehead atoms. The first-order chi connectivity index (χ1) is 5.20. The van der Waals surface area contributed by atoms with Crippen LogP contribution in [-0.4, -0.2) is 29.1 Å². The maximum absolute atomic E-state index is 5.20. The fourth-order valence-electron chi connectivity index (χ4n) is 1.26. The van der Waals surface area contributed by atoms with Gasteiger partial charge in [0.1, 0.15) is 0 Å². The number of likely N-dealkylation sites (tertiary alicyclic amines) is 1. The minimum Gasteiger partial charge on any atom is -0.360 e. The van der Waals surface area contributed by atoms with Gasteiger partial charge in [0.2, 0.25) is 0 Å². The number of nitrogens with zero attached hydrogens (tertiary/aromatic N) is 1. The number of hydrogen-bond donors (Lipinski definition) is 1. The fourth-order valence-corrected chi connectivity index (χ4v) is 1.68. The van der Waals surface area contributed by atoms with Crippen LogP contribution in [0, 0.1) is 0 Å². The molecule has 0 spiro atoms. The minimum atomic E-state index is 0.461. The lowest BCUT2D eigenvalue weighted by atomic mass is 10.4. The van der Waals surface area contributed by atoms with Gasteiger partial charge in [-0.05, 0) is 38.9 Å². The minimum absolute atomic E-state index is 0.461. The Morgan fingerprint density at radius 1 is 1.36 bits per heavy atom. The highest BCUT2D eigenvalue weighted by molar-refractivity contribution is 7.80. The quantitative estimate of drug-likeness (QED) is 0.601. The average molecular weight is 172 g/mol. The third-order valence-corrected chi connectivity index (χ3v) is 2.18. The van der Waals surface area contributed by atoms with Gasteiger partial charge in [-0.1, -0.05) is 0 Å². The topological polar surface area (TPSA) is 15.3 Å². The molecule has 0 aliphatic carbocycles. The van der Waals surface area contributed by atoms with Crippen molar-refractivity contribution in [3.8, 4) is 0 Å². The summed E-state index contributed by atoms with van der Waals surface area (Å²) < 4.78 is 0. The molecule has 1 rings (SSSR count). The van der Waals surface area contributed by atoms with Crippen molar-refractivity contribution in [3.05, 3.63) is 0 Å². The molecule has 1 aliphatic rings. The van der Waals surface area contributed by atoms with Gasteiger partial charge < -0.3 is 10.2 Å². The maximum atomic E-state index is 5.20. The molecular formula is C8H16N2S. The molecule has 0 aromatic rings. The van der Waals surface area contributed by atoms with Crippen LogP contribution in [0.15, 0.2) is 0 Å².